The second-order valence-electron chi connectivity index (χ2n) is 4.12. The van der Waals surface area contributed by atoms with Crippen LogP contribution in [0.15, 0.2) is 0 Å². The average molecular weight is 171 g/mol. The van der Waals surface area contributed by atoms with Gasteiger partial charge in [0.2, 0.25) is 0 Å². The van der Waals surface area contributed by atoms with Crippen molar-refractivity contribution in [1.29, 1.82) is 0 Å². The molecule has 2 N–H and O–H groups in total. The Morgan fingerprint density at radius 1 is 1.67 bits per heavy atom. The first kappa shape index (κ1) is 9.96. The van der Waals surface area contributed by atoms with Gasteiger partial charge in [-0.1, -0.05) is 0 Å². The van der Waals surface area contributed by atoms with Crippen LogP contribution in [0, 0.1) is 0 Å². The maximum absolute atomic E-state index is 5.74. The van der Waals surface area contributed by atoms with Crippen LogP contribution in [0.1, 0.15) is 13.3 Å². The lowest BCUT2D eigenvalue weighted by atomic mass is 10.2. The molecule has 2 unspecified atom stereocenters. The van der Waals surface area contributed by atoms with Crippen molar-refractivity contribution in [2.24, 2.45) is 5.73 Å². The van der Waals surface area contributed by atoms with E-state index < -0.39 is 0 Å². The highest BCUT2D eigenvalue weighted by Crippen LogP contribution is 2.11. The van der Waals surface area contributed by atoms with Crippen LogP contribution < -0.4 is 5.73 Å². The van der Waals surface area contributed by atoms with Gasteiger partial charge in [0.15, 0.2) is 0 Å². The highest BCUT2D eigenvalue weighted by molar-refractivity contribution is 4.81. The fraction of sp³-hybridized carbons (Fsp3) is 1.00. The van der Waals surface area contributed by atoms with Crippen LogP contribution in [0.2, 0.25) is 0 Å². The van der Waals surface area contributed by atoms with Gasteiger partial charge in [-0.15, -0.1) is 0 Å². The van der Waals surface area contributed by atoms with Crippen molar-refractivity contribution >= 4 is 0 Å². The normalized spacial score (nSPS) is 28.2. The third-order valence-electron chi connectivity index (χ3n) is 2.57. The zero-order valence-electron chi connectivity index (χ0n) is 8.45. The number of nitrogens with two attached hydrogens (primary N) is 1. The van der Waals surface area contributed by atoms with Crippen LogP contribution in [0.3, 0.4) is 0 Å². The van der Waals surface area contributed by atoms with Gasteiger partial charge in [0.25, 0.3) is 0 Å². The predicted molar refractivity (Wildman–Crippen MR) is 52.2 cm³/mol. The summed E-state index contributed by atoms with van der Waals surface area (Å²) < 4.78 is 0. The largest absolute Gasteiger partial charge is 0.327 e. The minimum Gasteiger partial charge on any atom is -0.327 e. The van der Waals surface area contributed by atoms with Crippen molar-refractivity contribution in [1.82, 2.24) is 9.80 Å². The van der Waals surface area contributed by atoms with Gasteiger partial charge >= 0.3 is 0 Å². The summed E-state index contributed by atoms with van der Waals surface area (Å²) in [6.07, 6.45) is 1.29. The van der Waals surface area contributed by atoms with E-state index in [1.807, 2.05) is 0 Å². The number of likely N-dealkylation sites (tertiary alicyclic amines) is 1. The Morgan fingerprint density at radius 2 is 2.33 bits per heavy atom. The fourth-order valence-electron chi connectivity index (χ4n) is 1.87. The Hall–Kier alpha value is -0.120. The number of hydrogen-bond acceptors (Lipinski definition) is 3. The molecule has 0 spiro atoms. The summed E-state index contributed by atoms with van der Waals surface area (Å²) in [6.45, 7) is 5.50. The fourth-order valence-corrected chi connectivity index (χ4v) is 1.87. The molecule has 0 radical (unpaired) electrons. The zero-order chi connectivity index (χ0) is 9.14. The van der Waals surface area contributed by atoms with E-state index in [0.717, 1.165) is 12.6 Å². The molecule has 0 bridgehead atoms. The van der Waals surface area contributed by atoms with Crippen molar-refractivity contribution in [2.45, 2.75) is 25.4 Å². The lowest BCUT2D eigenvalue weighted by molar-refractivity contribution is 0.232. The predicted octanol–water partition coefficient (Wildman–Crippen LogP) is -0.0305. The minimum atomic E-state index is 0.293. The first-order valence-corrected chi connectivity index (χ1v) is 4.74. The topological polar surface area (TPSA) is 32.5 Å². The molecule has 1 heterocycles. The Morgan fingerprint density at radius 3 is 2.75 bits per heavy atom. The molecule has 0 saturated carbocycles. The van der Waals surface area contributed by atoms with E-state index in [-0.39, 0.29) is 0 Å². The summed E-state index contributed by atoms with van der Waals surface area (Å²) >= 11 is 0. The van der Waals surface area contributed by atoms with Crippen LogP contribution in [0.5, 0.6) is 0 Å². The van der Waals surface area contributed by atoms with E-state index in [1.54, 1.807) is 0 Å². The van der Waals surface area contributed by atoms with Crippen LogP contribution in [0.25, 0.3) is 0 Å². The molecular weight excluding hydrogens is 150 g/mol. The van der Waals surface area contributed by atoms with Crippen LogP contribution >= 0.6 is 0 Å². The molecule has 3 heteroatoms. The molecule has 1 fully saturated rings. The summed E-state index contributed by atoms with van der Waals surface area (Å²) in [5.41, 5.74) is 5.74. The van der Waals surface area contributed by atoms with Gasteiger partial charge in [0.05, 0.1) is 0 Å². The third-order valence-corrected chi connectivity index (χ3v) is 2.57. The van der Waals surface area contributed by atoms with E-state index >= 15 is 0 Å². The van der Waals surface area contributed by atoms with E-state index in [2.05, 4.69) is 30.8 Å². The molecule has 0 aromatic carbocycles. The van der Waals surface area contributed by atoms with E-state index in [1.165, 1.54) is 19.5 Å². The lowest BCUT2D eigenvalue weighted by Gasteiger charge is -2.25. The van der Waals surface area contributed by atoms with Gasteiger partial charge < -0.3 is 15.5 Å². The molecule has 0 aromatic heterocycles. The third kappa shape index (κ3) is 2.73. The number of likely N-dealkylation sites (N-methyl/N-ethyl adjacent to an activating group) is 2. The van der Waals surface area contributed by atoms with Crippen molar-refractivity contribution in [3.05, 3.63) is 0 Å². The highest BCUT2D eigenvalue weighted by atomic mass is 15.2. The Kier molecular flexibility index (Phi) is 3.50. The van der Waals surface area contributed by atoms with Gasteiger partial charge in [0, 0.05) is 25.2 Å². The van der Waals surface area contributed by atoms with E-state index in [9.17, 15) is 0 Å². The molecule has 1 saturated heterocycles. The molecule has 2 atom stereocenters. The van der Waals surface area contributed by atoms with Crippen molar-refractivity contribution < 1.29 is 0 Å². The maximum atomic E-state index is 5.74. The lowest BCUT2D eigenvalue weighted by Crippen LogP contribution is -2.40. The van der Waals surface area contributed by atoms with Crippen LogP contribution in [0.4, 0.5) is 0 Å². The molecule has 0 amide bonds. The van der Waals surface area contributed by atoms with E-state index in [0.29, 0.717) is 6.04 Å². The highest BCUT2D eigenvalue weighted by Gasteiger charge is 2.23. The number of rotatable bonds is 3. The maximum Gasteiger partial charge on any atom is 0.0232 e. The molecule has 1 aliphatic rings. The van der Waals surface area contributed by atoms with E-state index in [4.69, 9.17) is 5.73 Å². The molecule has 0 aliphatic carbocycles. The first-order chi connectivity index (χ1) is 5.59. The molecule has 0 aromatic rings. The quantitative estimate of drug-likeness (QED) is 0.647. The second-order valence-corrected chi connectivity index (χ2v) is 4.12. The summed E-state index contributed by atoms with van der Waals surface area (Å²) in [5, 5.41) is 0. The average Bonchev–Trinajstić information content (AvgIpc) is 2.34. The van der Waals surface area contributed by atoms with Crippen molar-refractivity contribution in [3.8, 4) is 0 Å². The van der Waals surface area contributed by atoms with Crippen molar-refractivity contribution in [3.63, 3.8) is 0 Å². The van der Waals surface area contributed by atoms with Crippen LogP contribution in [-0.2, 0) is 0 Å². The van der Waals surface area contributed by atoms with Gasteiger partial charge in [-0.25, -0.2) is 0 Å². The zero-order valence-corrected chi connectivity index (χ0v) is 8.45. The monoisotopic (exact) mass is 171 g/mol. The molecule has 3 nitrogen and oxygen atoms in total. The Bertz CT molecular complexity index is 136. The van der Waals surface area contributed by atoms with Crippen molar-refractivity contribution in [2.75, 3.05) is 33.7 Å². The summed E-state index contributed by atoms with van der Waals surface area (Å²) in [4.78, 5) is 4.76. The molecular formula is C9H21N3. The Balaban J connectivity index is 2.28. The molecule has 1 aliphatic heterocycles. The Labute approximate surface area is 75.5 Å². The molecule has 12 heavy (non-hydrogen) atoms. The SMILES string of the molecule is CC(N)CN(C)C1CCN(C)C1. The standard InChI is InChI=1S/C9H21N3/c1-8(10)6-12(3)9-4-5-11(2)7-9/h8-9H,4-7,10H2,1-3H3. The number of nitrogens with zero attached hydrogens (tertiary/aromatic N) is 2. The molecule has 1 rings (SSSR count). The van der Waals surface area contributed by atoms with Gasteiger partial charge in [-0.2, -0.15) is 0 Å². The molecule has 72 valence electrons. The summed E-state index contributed by atoms with van der Waals surface area (Å²) in [7, 11) is 4.35. The van der Waals surface area contributed by atoms with Gasteiger partial charge in [-0.3, -0.25) is 0 Å². The first-order valence-electron chi connectivity index (χ1n) is 4.74. The van der Waals surface area contributed by atoms with Crippen LogP contribution in [-0.4, -0.2) is 55.6 Å². The number of hydrogen-bond donors (Lipinski definition) is 1. The van der Waals surface area contributed by atoms with Gasteiger partial charge in [-0.05, 0) is 34.0 Å². The smallest absolute Gasteiger partial charge is 0.0232 e. The second kappa shape index (κ2) is 4.21. The summed E-state index contributed by atoms with van der Waals surface area (Å²) in [5.74, 6) is 0. The van der Waals surface area contributed by atoms with Gasteiger partial charge in [0.1, 0.15) is 0 Å². The minimum absolute atomic E-state index is 0.293. The summed E-state index contributed by atoms with van der Waals surface area (Å²) in [6, 6.07) is 1.02.